The molecule has 1 aliphatic heterocycles. The van der Waals surface area contributed by atoms with Crippen LogP contribution in [0, 0.1) is 11.3 Å². The molecule has 5 nitrogen and oxygen atoms in total. The third-order valence-electron chi connectivity index (χ3n) is 3.54. The Morgan fingerprint density at radius 2 is 2.44 bits per heavy atom. The molecule has 96 valence electrons. The number of nitrogens with two attached hydrogens (primary N) is 1. The fourth-order valence-electron chi connectivity index (χ4n) is 2.33. The van der Waals surface area contributed by atoms with Crippen LogP contribution in [-0.2, 0) is 0 Å². The summed E-state index contributed by atoms with van der Waals surface area (Å²) in [5, 5.41) is 12.2. The lowest BCUT2D eigenvalue weighted by molar-refractivity contribution is 0.194. The molecular formula is C13H19N5. The molecule has 5 heteroatoms. The van der Waals surface area contributed by atoms with E-state index in [1.165, 1.54) is 19.3 Å². The van der Waals surface area contributed by atoms with Crippen LogP contribution in [-0.4, -0.2) is 36.1 Å². The van der Waals surface area contributed by atoms with E-state index >= 15 is 0 Å². The van der Waals surface area contributed by atoms with Gasteiger partial charge >= 0.3 is 0 Å². The van der Waals surface area contributed by atoms with Gasteiger partial charge in [-0.3, -0.25) is 0 Å². The molecule has 3 N–H and O–H groups in total. The number of anilines is 2. The third-order valence-corrected chi connectivity index (χ3v) is 3.54. The van der Waals surface area contributed by atoms with Gasteiger partial charge < -0.3 is 16.0 Å². The van der Waals surface area contributed by atoms with Crippen LogP contribution in [0.2, 0.25) is 0 Å². The molecule has 2 rings (SSSR count). The Hall–Kier alpha value is -1.80. The molecule has 0 aromatic carbocycles. The zero-order valence-corrected chi connectivity index (χ0v) is 10.7. The fraction of sp³-hybridized carbons (Fsp3) is 0.538. The van der Waals surface area contributed by atoms with E-state index in [-0.39, 0.29) is 0 Å². The minimum atomic E-state index is 0.443. The number of piperidine rings is 1. The number of nitrogens with zero attached hydrogens (tertiary/aromatic N) is 3. The summed E-state index contributed by atoms with van der Waals surface area (Å²) in [6.07, 6.45) is 5.36. The Balaban J connectivity index is 2.00. The van der Waals surface area contributed by atoms with Crippen molar-refractivity contribution in [3.8, 4) is 6.07 Å². The highest BCUT2D eigenvalue weighted by atomic mass is 15.2. The first-order valence-electron chi connectivity index (χ1n) is 6.31. The molecule has 1 aromatic heterocycles. The minimum Gasteiger partial charge on any atom is -0.395 e. The van der Waals surface area contributed by atoms with Crippen molar-refractivity contribution < 1.29 is 0 Å². The molecule has 1 unspecified atom stereocenters. The standard InChI is InChI=1S/C13H19N5/c1-18-7-3-2-4-11(18)9-17-13-12(15)10(8-14)5-6-16-13/h5-6,11H,2-4,7,9,15H2,1H3,(H,16,17). The summed E-state index contributed by atoms with van der Waals surface area (Å²) in [5.41, 5.74) is 6.80. The molecule has 0 radical (unpaired) electrons. The summed E-state index contributed by atoms with van der Waals surface area (Å²) in [7, 11) is 2.15. The summed E-state index contributed by atoms with van der Waals surface area (Å²) < 4.78 is 0. The van der Waals surface area contributed by atoms with Crippen LogP contribution in [0.5, 0.6) is 0 Å². The number of likely N-dealkylation sites (N-methyl/N-ethyl adjacent to an activating group) is 1. The number of nitrogen functional groups attached to an aromatic ring is 1. The minimum absolute atomic E-state index is 0.443. The summed E-state index contributed by atoms with van der Waals surface area (Å²) in [6.45, 7) is 1.97. The largest absolute Gasteiger partial charge is 0.395 e. The Labute approximate surface area is 108 Å². The number of hydrogen-bond acceptors (Lipinski definition) is 5. The maximum absolute atomic E-state index is 8.91. The lowest BCUT2D eigenvalue weighted by Crippen LogP contribution is -2.40. The van der Waals surface area contributed by atoms with E-state index in [0.717, 1.165) is 13.1 Å². The number of nitriles is 1. The quantitative estimate of drug-likeness (QED) is 0.842. The average Bonchev–Trinajstić information content (AvgIpc) is 2.39. The van der Waals surface area contributed by atoms with Gasteiger partial charge in [-0.1, -0.05) is 6.42 Å². The molecule has 18 heavy (non-hydrogen) atoms. The molecule has 0 spiro atoms. The van der Waals surface area contributed by atoms with E-state index in [0.29, 0.717) is 23.1 Å². The van der Waals surface area contributed by atoms with Crippen molar-refractivity contribution in [1.29, 1.82) is 5.26 Å². The van der Waals surface area contributed by atoms with Crippen molar-refractivity contribution in [1.82, 2.24) is 9.88 Å². The van der Waals surface area contributed by atoms with Crippen LogP contribution in [0.4, 0.5) is 11.5 Å². The molecule has 1 aliphatic rings. The van der Waals surface area contributed by atoms with Crippen molar-refractivity contribution in [2.24, 2.45) is 0 Å². The van der Waals surface area contributed by atoms with Gasteiger partial charge in [-0.2, -0.15) is 5.26 Å². The first-order chi connectivity index (χ1) is 8.72. The van der Waals surface area contributed by atoms with E-state index in [9.17, 15) is 0 Å². The molecule has 0 amide bonds. The predicted octanol–water partition coefficient (Wildman–Crippen LogP) is 1.43. The fourth-order valence-corrected chi connectivity index (χ4v) is 2.33. The maximum atomic E-state index is 8.91. The number of hydrogen-bond donors (Lipinski definition) is 2. The van der Waals surface area contributed by atoms with Gasteiger partial charge in [0.25, 0.3) is 0 Å². The maximum Gasteiger partial charge on any atom is 0.150 e. The van der Waals surface area contributed by atoms with E-state index in [1.807, 2.05) is 0 Å². The van der Waals surface area contributed by atoms with Gasteiger partial charge in [-0.25, -0.2) is 4.98 Å². The normalized spacial score (nSPS) is 20.3. The highest BCUT2D eigenvalue weighted by Crippen LogP contribution is 2.20. The second-order valence-electron chi connectivity index (χ2n) is 4.74. The van der Waals surface area contributed by atoms with Gasteiger partial charge in [-0.15, -0.1) is 0 Å². The highest BCUT2D eigenvalue weighted by Gasteiger charge is 2.19. The smallest absolute Gasteiger partial charge is 0.150 e. The molecule has 1 aromatic rings. The van der Waals surface area contributed by atoms with Crippen molar-refractivity contribution in [2.75, 3.05) is 31.2 Å². The number of pyridine rings is 1. The molecule has 1 atom stereocenters. The lowest BCUT2D eigenvalue weighted by Gasteiger charge is -2.32. The molecule has 0 aliphatic carbocycles. The Kier molecular flexibility index (Phi) is 4.00. The zero-order chi connectivity index (χ0) is 13.0. The summed E-state index contributed by atoms with van der Waals surface area (Å²) >= 11 is 0. The summed E-state index contributed by atoms with van der Waals surface area (Å²) in [5.74, 6) is 0.619. The molecule has 1 fully saturated rings. The molecule has 0 saturated carbocycles. The SMILES string of the molecule is CN1CCCCC1CNc1nccc(C#N)c1N. The average molecular weight is 245 g/mol. The Morgan fingerprint density at radius 3 is 3.17 bits per heavy atom. The van der Waals surface area contributed by atoms with E-state index in [1.54, 1.807) is 12.3 Å². The number of rotatable bonds is 3. The lowest BCUT2D eigenvalue weighted by atomic mass is 10.0. The Bertz CT molecular complexity index is 451. The van der Waals surface area contributed by atoms with E-state index in [4.69, 9.17) is 11.0 Å². The Morgan fingerprint density at radius 1 is 1.61 bits per heavy atom. The van der Waals surface area contributed by atoms with Crippen LogP contribution in [0.15, 0.2) is 12.3 Å². The van der Waals surface area contributed by atoms with Gasteiger partial charge in [0.05, 0.1) is 11.3 Å². The predicted molar refractivity (Wildman–Crippen MR) is 72.1 cm³/mol. The van der Waals surface area contributed by atoms with Gasteiger partial charge in [0.2, 0.25) is 0 Å². The molecular weight excluding hydrogens is 226 g/mol. The first-order valence-corrected chi connectivity index (χ1v) is 6.31. The summed E-state index contributed by atoms with van der Waals surface area (Å²) in [6, 6.07) is 4.22. The van der Waals surface area contributed by atoms with E-state index in [2.05, 4.69) is 28.3 Å². The number of likely N-dealkylation sites (tertiary alicyclic amines) is 1. The molecule has 0 bridgehead atoms. The second kappa shape index (κ2) is 5.69. The van der Waals surface area contributed by atoms with Gasteiger partial charge in [0, 0.05) is 18.8 Å². The van der Waals surface area contributed by atoms with Gasteiger partial charge in [0.15, 0.2) is 5.82 Å². The summed E-state index contributed by atoms with van der Waals surface area (Å²) in [4.78, 5) is 6.55. The highest BCUT2D eigenvalue weighted by molar-refractivity contribution is 5.68. The number of nitrogens with one attached hydrogen (secondary N) is 1. The van der Waals surface area contributed by atoms with Gasteiger partial charge in [0.1, 0.15) is 6.07 Å². The van der Waals surface area contributed by atoms with Crippen LogP contribution >= 0.6 is 0 Å². The monoisotopic (exact) mass is 245 g/mol. The van der Waals surface area contributed by atoms with Crippen LogP contribution in [0.1, 0.15) is 24.8 Å². The van der Waals surface area contributed by atoms with Crippen LogP contribution < -0.4 is 11.1 Å². The molecule has 1 saturated heterocycles. The van der Waals surface area contributed by atoms with Crippen molar-refractivity contribution >= 4 is 11.5 Å². The topological polar surface area (TPSA) is 78.0 Å². The third kappa shape index (κ3) is 2.71. The zero-order valence-electron chi connectivity index (χ0n) is 10.7. The van der Waals surface area contributed by atoms with Crippen LogP contribution in [0.25, 0.3) is 0 Å². The van der Waals surface area contributed by atoms with Crippen LogP contribution in [0.3, 0.4) is 0 Å². The number of aromatic nitrogens is 1. The van der Waals surface area contributed by atoms with Gasteiger partial charge in [-0.05, 0) is 32.5 Å². The van der Waals surface area contributed by atoms with Crippen molar-refractivity contribution in [2.45, 2.75) is 25.3 Å². The van der Waals surface area contributed by atoms with Crippen molar-refractivity contribution in [3.05, 3.63) is 17.8 Å². The molecule has 2 heterocycles. The van der Waals surface area contributed by atoms with Crippen molar-refractivity contribution in [3.63, 3.8) is 0 Å². The first kappa shape index (κ1) is 12.7. The van der Waals surface area contributed by atoms with E-state index < -0.39 is 0 Å². The second-order valence-corrected chi connectivity index (χ2v) is 4.74.